The van der Waals surface area contributed by atoms with E-state index in [1.807, 2.05) is 6.08 Å². The second-order valence-corrected chi connectivity index (χ2v) is 11.9. The summed E-state index contributed by atoms with van der Waals surface area (Å²) in [5.41, 5.74) is 8.93. The number of amides is 1. The minimum Gasteiger partial charge on any atom is -0.394 e. The summed E-state index contributed by atoms with van der Waals surface area (Å²) in [6.45, 7) is 4.12. The fourth-order valence-electron chi connectivity index (χ4n) is 5.30. The van der Waals surface area contributed by atoms with Crippen molar-refractivity contribution in [3.63, 3.8) is 0 Å². The third kappa shape index (κ3) is 25.8. The van der Waals surface area contributed by atoms with Crippen molar-refractivity contribution >= 4 is 5.91 Å². The van der Waals surface area contributed by atoms with E-state index in [9.17, 15) is 15.0 Å². The quantitative estimate of drug-likeness (QED) is 0.0250. The van der Waals surface area contributed by atoms with E-state index in [2.05, 4.69) is 29.2 Å². The van der Waals surface area contributed by atoms with E-state index in [1.54, 1.807) is 6.08 Å². The van der Waals surface area contributed by atoms with Gasteiger partial charge in [-0.2, -0.15) is 0 Å². The Labute approximate surface area is 253 Å². The lowest BCUT2D eigenvalue weighted by atomic mass is 10.0. The Morgan fingerprint density at radius 3 is 1.56 bits per heavy atom. The van der Waals surface area contributed by atoms with Gasteiger partial charge in [0.05, 0.1) is 18.8 Å². The van der Waals surface area contributed by atoms with Crippen molar-refractivity contribution in [2.24, 2.45) is 5.11 Å². The molecule has 0 aliphatic rings. The normalized spacial score (nSPS) is 13.7. The van der Waals surface area contributed by atoms with Crippen molar-refractivity contribution in [2.75, 3.05) is 6.61 Å². The number of carbonyl (C=O) groups excluding carboxylic acids is 1. The van der Waals surface area contributed by atoms with Gasteiger partial charge in [0, 0.05) is 4.91 Å². The van der Waals surface area contributed by atoms with E-state index in [-0.39, 0.29) is 6.61 Å². The van der Waals surface area contributed by atoms with Crippen LogP contribution in [-0.2, 0) is 4.79 Å². The van der Waals surface area contributed by atoms with E-state index < -0.39 is 24.1 Å². The average Bonchev–Trinajstić information content (AvgIpc) is 2.97. The summed E-state index contributed by atoms with van der Waals surface area (Å²) in [7, 11) is 0. The highest BCUT2D eigenvalue weighted by atomic mass is 16.3. The summed E-state index contributed by atoms with van der Waals surface area (Å²) in [6.07, 6.45) is 33.0. The summed E-state index contributed by atoms with van der Waals surface area (Å²) in [5.74, 6) is -0.428. The fourth-order valence-corrected chi connectivity index (χ4v) is 5.30. The highest BCUT2D eigenvalue weighted by Crippen LogP contribution is 2.15. The average molecular weight is 579 g/mol. The van der Waals surface area contributed by atoms with Gasteiger partial charge in [0.15, 0.2) is 0 Å². The highest BCUT2D eigenvalue weighted by molar-refractivity contribution is 5.82. The molecule has 3 atom stereocenters. The van der Waals surface area contributed by atoms with Gasteiger partial charge >= 0.3 is 0 Å². The molecule has 0 aliphatic heterocycles. The molecule has 41 heavy (non-hydrogen) atoms. The first-order valence-electron chi connectivity index (χ1n) is 17.4. The number of azide groups is 1. The number of unbranched alkanes of at least 4 members (excludes halogenated alkanes) is 22. The third-order valence-electron chi connectivity index (χ3n) is 8.07. The van der Waals surface area contributed by atoms with Crippen LogP contribution in [0.25, 0.3) is 10.4 Å². The van der Waals surface area contributed by atoms with Crippen LogP contribution in [-0.4, -0.2) is 40.9 Å². The van der Waals surface area contributed by atoms with Crippen LogP contribution in [0.15, 0.2) is 17.3 Å². The van der Waals surface area contributed by atoms with Gasteiger partial charge in [-0.3, -0.25) is 4.79 Å². The summed E-state index contributed by atoms with van der Waals surface area (Å²) in [6, 6.07) is -1.63. The molecule has 0 aliphatic carbocycles. The van der Waals surface area contributed by atoms with Crippen molar-refractivity contribution < 1.29 is 15.0 Å². The third-order valence-corrected chi connectivity index (χ3v) is 8.07. The Kier molecular flexibility index (Phi) is 30.2. The van der Waals surface area contributed by atoms with E-state index >= 15 is 0 Å². The molecule has 0 aromatic heterocycles. The van der Waals surface area contributed by atoms with Crippen molar-refractivity contribution in [2.45, 2.75) is 193 Å². The standard InChI is InChI=1S/C34H66N4O3/c1-3-5-7-9-11-13-15-17-19-21-23-25-27-29-33(40)32(30-39)36-34(41)31(37-38-35)28-26-24-22-20-18-16-14-12-10-8-6-4-2/h27,29,31-33,39-40H,3-26,28,30H2,1-2H3,(H,36,41)/b29-27+/t31?,32-,33+/m0/s1. The Morgan fingerprint density at radius 1 is 0.732 bits per heavy atom. The zero-order valence-electron chi connectivity index (χ0n) is 26.9. The van der Waals surface area contributed by atoms with Gasteiger partial charge in [-0.1, -0.05) is 172 Å². The molecule has 1 unspecified atom stereocenters. The number of rotatable bonds is 31. The molecule has 7 heteroatoms. The minimum absolute atomic E-state index is 0.378. The molecule has 7 nitrogen and oxygen atoms in total. The van der Waals surface area contributed by atoms with E-state index in [1.165, 1.54) is 122 Å². The number of hydrogen-bond donors (Lipinski definition) is 3. The molecule has 0 radical (unpaired) electrons. The summed E-state index contributed by atoms with van der Waals surface area (Å²) in [4.78, 5) is 15.6. The SMILES string of the molecule is CCCCCCCCCCCCC/C=C/[C@@H](O)[C@H](CO)NC(=O)C(CCCCCCCCCCCCCC)N=[N+]=[N-]. The maximum atomic E-state index is 12.7. The van der Waals surface area contributed by atoms with Crippen molar-refractivity contribution in [1.82, 2.24) is 5.32 Å². The number of aliphatic hydroxyl groups excluding tert-OH is 2. The fraction of sp³-hybridized carbons (Fsp3) is 0.912. The van der Waals surface area contributed by atoms with Crippen LogP contribution in [0.3, 0.4) is 0 Å². The minimum atomic E-state index is -0.977. The van der Waals surface area contributed by atoms with Crippen LogP contribution in [0.1, 0.15) is 174 Å². The van der Waals surface area contributed by atoms with Gasteiger partial charge in [-0.05, 0) is 24.8 Å². The first kappa shape index (κ1) is 39.4. The van der Waals surface area contributed by atoms with Gasteiger partial charge in [-0.15, -0.1) is 0 Å². The summed E-state index contributed by atoms with van der Waals surface area (Å²) in [5, 5.41) is 26.6. The molecule has 0 aromatic rings. The van der Waals surface area contributed by atoms with Crippen LogP contribution in [0.4, 0.5) is 0 Å². The lowest BCUT2D eigenvalue weighted by Gasteiger charge is -2.22. The first-order chi connectivity index (χ1) is 20.1. The van der Waals surface area contributed by atoms with E-state index in [0.717, 1.165) is 32.1 Å². The molecule has 0 aromatic carbocycles. The molecular weight excluding hydrogens is 512 g/mol. The first-order valence-corrected chi connectivity index (χ1v) is 17.4. The number of aliphatic hydroxyl groups is 2. The Hall–Kier alpha value is -1.56. The molecule has 240 valence electrons. The van der Waals surface area contributed by atoms with Gasteiger partial charge in [0.1, 0.15) is 6.04 Å². The van der Waals surface area contributed by atoms with Gasteiger partial charge in [0.2, 0.25) is 5.91 Å². The summed E-state index contributed by atoms with van der Waals surface area (Å²) >= 11 is 0. The number of nitrogens with zero attached hydrogens (tertiary/aromatic N) is 3. The predicted molar refractivity (Wildman–Crippen MR) is 174 cm³/mol. The maximum Gasteiger partial charge on any atom is 0.229 e. The highest BCUT2D eigenvalue weighted by Gasteiger charge is 2.23. The number of hydrogen-bond acceptors (Lipinski definition) is 4. The van der Waals surface area contributed by atoms with Crippen LogP contribution >= 0.6 is 0 Å². The van der Waals surface area contributed by atoms with Crippen LogP contribution < -0.4 is 5.32 Å². The summed E-state index contributed by atoms with van der Waals surface area (Å²) < 4.78 is 0. The van der Waals surface area contributed by atoms with Crippen molar-refractivity contribution in [3.05, 3.63) is 22.6 Å². The zero-order valence-corrected chi connectivity index (χ0v) is 26.9. The molecule has 0 spiro atoms. The van der Waals surface area contributed by atoms with Crippen LogP contribution in [0.5, 0.6) is 0 Å². The lowest BCUT2D eigenvalue weighted by molar-refractivity contribution is -0.124. The second-order valence-electron chi connectivity index (χ2n) is 11.9. The Morgan fingerprint density at radius 2 is 1.15 bits per heavy atom. The zero-order chi connectivity index (χ0) is 30.2. The van der Waals surface area contributed by atoms with E-state index in [4.69, 9.17) is 5.53 Å². The molecule has 0 rings (SSSR count). The van der Waals surface area contributed by atoms with Gasteiger partial charge in [-0.25, -0.2) is 0 Å². The molecule has 0 fully saturated rings. The monoisotopic (exact) mass is 579 g/mol. The smallest absolute Gasteiger partial charge is 0.229 e. The Bertz CT molecular complexity index is 652. The molecule has 0 saturated carbocycles. The molecule has 1 amide bonds. The number of nitrogens with one attached hydrogen (secondary N) is 1. The van der Waals surface area contributed by atoms with E-state index in [0.29, 0.717) is 6.42 Å². The maximum absolute atomic E-state index is 12.7. The van der Waals surface area contributed by atoms with Crippen molar-refractivity contribution in [3.8, 4) is 0 Å². The molecule has 0 bridgehead atoms. The van der Waals surface area contributed by atoms with Crippen LogP contribution in [0.2, 0.25) is 0 Å². The van der Waals surface area contributed by atoms with Gasteiger partial charge in [0.25, 0.3) is 0 Å². The largest absolute Gasteiger partial charge is 0.394 e. The predicted octanol–water partition coefficient (Wildman–Crippen LogP) is 9.85. The number of allylic oxidation sites excluding steroid dienone is 1. The molecular formula is C34H66N4O3. The number of carbonyl (C=O) groups is 1. The molecule has 0 heterocycles. The second kappa shape index (κ2) is 31.4. The van der Waals surface area contributed by atoms with Crippen molar-refractivity contribution in [1.29, 1.82) is 0 Å². The Balaban J connectivity index is 4.04. The molecule has 3 N–H and O–H groups in total. The lowest BCUT2D eigenvalue weighted by Crippen LogP contribution is -2.48. The topological polar surface area (TPSA) is 118 Å². The van der Waals surface area contributed by atoms with Crippen LogP contribution in [0, 0.1) is 0 Å². The van der Waals surface area contributed by atoms with Gasteiger partial charge < -0.3 is 15.5 Å². The molecule has 0 saturated heterocycles.